The first-order valence-electron chi connectivity index (χ1n) is 6.69. The molecule has 1 aliphatic rings. The summed E-state index contributed by atoms with van der Waals surface area (Å²) in [5, 5.41) is 4.85. The summed E-state index contributed by atoms with van der Waals surface area (Å²) in [6.45, 7) is 1.29. The van der Waals surface area contributed by atoms with Gasteiger partial charge in [0.05, 0.1) is 34.8 Å². The Morgan fingerprint density at radius 2 is 2.36 bits per heavy atom. The molecule has 2 N–H and O–H groups in total. The minimum atomic E-state index is -0.248. The zero-order valence-corrected chi connectivity index (χ0v) is 13.5. The van der Waals surface area contributed by atoms with Crippen molar-refractivity contribution in [3.05, 3.63) is 35.6 Å². The molecular formula is C13H11IN6O2. The number of amides is 1. The van der Waals surface area contributed by atoms with Gasteiger partial charge in [0.15, 0.2) is 5.69 Å². The Morgan fingerprint density at radius 3 is 3.23 bits per heavy atom. The van der Waals surface area contributed by atoms with Crippen LogP contribution in [0.2, 0.25) is 0 Å². The molecule has 1 amide bonds. The molecule has 0 atom stereocenters. The largest absolute Gasteiger partial charge is 0.360 e. The van der Waals surface area contributed by atoms with Crippen LogP contribution in [0.4, 0.5) is 5.82 Å². The minimum Gasteiger partial charge on any atom is -0.360 e. The van der Waals surface area contributed by atoms with E-state index in [1.54, 1.807) is 22.9 Å². The highest BCUT2D eigenvalue weighted by molar-refractivity contribution is 14.1. The van der Waals surface area contributed by atoms with Crippen LogP contribution in [-0.2, 0) is 13.0 Å². The maximum atomic E-state index is 11.9. The molecular weight excluding hydrogens is 399 g/mol. The molecule has 0 aliphatic carbocycles. The predicted octanol–water partition coefficient (Wildman–Crippen LogP) is 1.59. The van der Waals surface area contributed by atoms with E-state index >= 15 is 0 Å². The lowest BCUT2D eigenvalue weighted by Crippen LogP contribution is -2.32. The minimum absolute atomic E-state index is 0.248. The number of carbonyl (C=O) groups excluding carboxylic acids is 1. The number of carbonyl (C=O) groups is 1. The lowest BCUT2D eigenvalue weighted by atomic mass is 10.1. The molecule has 0 saturated carbocycles. The Balaban J connectivity index is 1.74. The van der Waals surface area contributed by atoms with Crippen LogP contribution in [-0.4, -0.2) is 32.6 Å². The molecule has 8 nitrogen and oxygen atoms in total. The molecule has 1 aliphatic heterocycles. The molecule has 0 unspecified atom stereocenters. The van der Waals surface area contributed by atoms with E-state index in [1.165, 1.54) is 6.33 Å². The van der Waals surface area contributed by atoms with Gasteiger partial charge in [-0.1, -0.05) is 5.16 Å². The number of aromatic amines is 1. The van der Waals surface area contributed by atoms with Gasteiger partial charge in [-0.15, -0.1) is 0 Å². The lowest BCUT2D eigenvalue weighted by Gasteiger charge is -2.27. The van der Waals surface area contributed by atoms with Crippen LogP contribution in [0.25, 0.3) is 11.0 Å². The average Bonchev–Trinajstić information content (AvgIpc) is 3.19. The van der Waals surface area contributed by atoms with Gasteiger partial charge in [0.1, 0.15) is 23.6 Å². The van der Waals surface area contributed by atoms with E-state index in [0.717, 1.165) is 34.7 Å². The number of hydrogen-bond donors (Lipinski definition) is 2. The average molecular weight is 410 g/mol. The highest BCUT2D eigenvalue weighted by Gasteiger charge is 2.28. The van der Waals surface area contributed by atoms with Gasteiger partial charge in [0.25, 0.3) is 5.91 Å². The number of nitrogens with zero attached hydrogens (tertiary/aromatic N) is 4. The van der Waals surface area contributed by atoms with Crippen molar-refractivity contribution in [2.24, 2.45) is 0 Å². The molecule has 3 aromatic rings. The van der Waals surface area contributed by atoms with Crippen molar-refractivity contribution in [1.82, 2.24) is 23.6 Å². The highest BCUT2D eigenvalue weighted by atomic mass is 127. The summed E-state index contributed by atoms with van der Waals surface area (Å²) >= 11 is 1.80. The fraction of sp³-hybridized carbons (Fsp3) is 0.231. The van der Waals surface area contributed by atoms with Crippen LogP contribution in [0.5, 0.6) is 0 Å². The van der Waals surface area contributed by atoms with Crippen LogP contribution in [0.15, 0.2) is 23.1 Å². The smallest absolute Gasteiger partial charge is 0.282 e. The molecule has 3 aromatic heterocycles. The van der Waals surface area contributed by atoms with Crippen LogP contribution in [0.1, 0.15) is 21.8 Å². The molecule has 4 rings (SSSR count). The normalized spacial score (nSPS) is 14.1. The molecule has 0 spiro atoms. The van der Waals surface area contributed by atoms with E-state index in [-0.39, 0.29) is 5.91 Å². The maximum absolute atomic E-state index is 11.9. The number of aromatic nitrogens is 4. The second-order valence-corrected chi connectivity index (χ2v) is 5.50. The van der Waals surface area contributed by atoms with Gasteiger partial charge in [0, 0.05) is 24.7 Å². The first-order valence-corrected chi connectivity index (χ1v) is 7.77. The zero-order valence-electron chi connectivity index (χ0n) is 11.3. The Hall–Kier alpha value is -2.17. The van der Waals surface area contributed by atoms with E-state index < -0.39 is 0 Å². The summed E-state index contributed by atoms with van der Waals surface area (Å²) in [5.41, 5.74) is 1.96. The Kier molecular flexibility index (Phi) is 3.21. The molecule has 22 heavy (non-hydrogen) atoms. The first-order chi connectivity index (χ1) is 10.8. The molecule has 0 fully saturated rings. The lowest BCUT2D eigenvalue weighted by molar-refractivity contribution is 0.0980. The Bertz CT molecular complexity index is 857. The number of rotatable bonds is 2. The number of H-pyrrole nitrogens is 1. The second kappa shape index (κ2) is 5.23. The summed E-state index contributed by atoms with van der Waals surface area (Å²) in [5.74, 6) is 1.37. The molecule has 0 bridgehead atoms. The van der Waals surface area contributed by atoms with Crippen LogP contribution >= 0.6 is 22.9 Å². The molecule has 0 aromatic carbocycles. The number of anilines is 1. The number of fused-ring (bicyclic) bond motifs is 2. The SMILES string of the molecule is O=C(NI)c1noc2c1CN(c1ncnc3[nH]ccc13)CC2. The highest BCUT2D eigenvalue weighted by Crippen LogP contribution is 2.29. The number of hydrogen-bond acceptors (Lipinski definition) is 6. The molecule has 9 heteroatoms. The summed E-state index contributed by atoms with van der Waals surface area (Å²) in [4.78, 5) is 25.7. The third-order valence-corrected chi connectivity index (χ3v) is 4.25. The quantitative estimate of drug-likeness (QED) is 0.492. The molecule has 112 valence electrons. The fourth-order valence-corrected chi connectivity index (χ4v) is 2.98. The monoisotopic (exact) mass is 410 g/mol. The summed E-state index contributed by atoms with van der Waals surface area (Å²) in [6.07, 6.45) is 4.06. The fourth-order valence-electron chi connectivity index (χ4n) is 2.72. The van der Waals surface area contributed by atoms with Gasteiger partial charge in [-0.3, -0.25) is 8.32 Å². The van der Waals surface area contributed by atoms with E-state index in [4.69, 9.17) is 4.52 Å². The van der Waals surface area contributed by atoms with Gasteiger partial charge in [-0.25, -0.2) is 9.97 Å². The third-order valence-electron chi connectivity index (χ3n) is 3.76. The second-order valence-electron chi connectivity index (χ2n) is 4.97. The van der Waals surface area contributed by atoms with Gasteiger partial charge in [-0.05, 0) is 6.07 Å². The standard InChI is InChI=1S/C13H11IN6O2/c14-18-13(21)10-8-5-20(4-2-9(8)22-19-10)12-7-1-3-15-11(7)16-6-17-12/h1,3,6H,2,4-5H2,(H,18,21)(H,15,16,17). The van der Waals surface area contributed by atoms with E-state index in [9.17, 15) is 4.79 Å². The van der Waals surface area contributed by atoms with Gasteiger partial charge >= 0.3 is 0 Å². The van der Waals surface area contributed by atoms with Gasteiger partial charge in [-0.2, -0.15) is 0 Å². The number of halogens is 1. The summed E-state index contributed by atoms with van der Waals surface area (Å²) in [6, 6.07) is 1.95. The molecule has 0 radical (unpaired) electrons. The van der Waals surface area contributed by atoms with E-state index in [1.807, 2.05) is 12.3 Å². The van der Waals surface area contributed by atoms with Crippen molar-refractivity contribution in [3.8, 4) is 0 Å². The van der Waals surface area contributed by atoms with Crippen LogP contribution in [0.3, 0.4) is 0 Å². The van der Waals surface area contributed by atoms with Crippen molar-refractivity contribution in [3.63, 3.8) is 0 Å². The summed E-state index contributed by atoms with van der Waals surface area (Å²) < 4.78 is 7.84. The van der Waals surface area contributed by atoms with Crippen LogP contribution < -0.4 is 8.43 Å². The Labute approximate surface area is 138 Å². The van der Waals surface area contributed by atoms with E-state index in [0.29, 0.717) is 18.7 Å². The molecule has 4 heterocycles. The molecule has 0 saturated heterocycles. The zero-order chi connectivity index (χ0) is 15.1. The van der Waals surface area contributed by atoms with Crippen molar-refractivity contribution in [2.75, 3.05) is 11.4 Å². The van der Waals surface area contributed by atoms with Crippen molar-refractivity contribution >= 4 is 45.6 Å². The van der Waals surface area contributed by atoms with Gasteiger partial charge < -0.3 is 14.4 Å². The van der Waals surface area contributed by atoms with Crippen molar-refractivity contribution < 1.29 is 9.32 Å². The number of nitrogens with one attached hydrogen (secondary N) is 2. The Morgan fingerprint density at radius 1 is 1.45 bits per heavy atom. The van der Waals surface area contributed by atoms with Crippen molar-refractivity contribution in [2.45, 2.75) is 13.0 Å². The predicted molar refractivity (Wildman–Crippen MR) is 86.6 cm³/mol. The topological polar surface area (TPSA) is 99.9 Å². The van der Waals surface area contributed by atoms with Gasteiger partial charge in [0.2, 0.25) is 0 Å². The van der Waals surface area contributed by atoms with E-state index in [2.05, 4.69) is 28.5 Å². The summed E-state index contributed by atoms with van der Waals surface area (Å²) in [7, 11) is 0. The third kappa shape index (κ3) is 2.03. The van der Waals surface area contributed by atoms with Crippen molar-refractivity contribution in [1.29, 1.82) is 0 Å². The maximum Gasteiger partial charge on any atom is 0.282 e. The first kappa shape index (κ1) is 13.5. The van der Waals surface area contributed by atoms with Crippen LogP contribution in [0, 0.1) is 0 Å².